The highest BCUT2D eigenvalue weighted by molar-refractivity contribution is 6.30. The van der Waals surface area contributed by atoms with Crippen LogP contribution in [0.3, 0.4) is 0 Å². The van der Waals surface area contributed by atoms with Gasteiger partial charge in [0.1, 0.15) is 0 Å². The molecule has 1 aliphatic carbocycles. The minimum Gasteiger partial charge on any atom is -0.378 e. The molecule has 1 aromatic rings. The summed E-state index contributed by atoms with van der Waals surface area (Å²) in [5.41, 5.74) is 0.767. The lowest BCUT2D eigenvalue weighted by atomic mass is 10.1. The van der Waals surface area contributed by atoms with E-state index < -0.39 is 6.10 Å². The van der Waals surface area contributed by atoms with Crippen molar-refractivity contribution in [1.82, 2.24) is 10.2 Å². The second-order valence-corrected chi connectivity index (χ2v) is 7.10. The fraction of sp³-hybridized carbons (Fsp3) is 0.588. The molecular weight excluding hydrogens is 300 g/mol. The molecular formula is C17H23ClN2O2. The predicted molar refractivity (Wildman–Crippen MR) is 86.8 cm³/mol. The molecule has 5 heteroatoms. The largest absolute Gasteiger partial charge is 0.378 e. The van der Waals surface area contributed by atoms with Gasteiger partial charge in [0.15, 0.2) is 6.10 Å². The first kappa shape index (κ1) is 15.8. The van der Waals surface area contributed by atoms with Gasteiger partial charge in [-0.05, 0) is 56.5 Å². The third kappa shape index (κ3) is 3.80. The number of nitrogens with one attached hydrogen (secondary N) is 1. The maximum Gasteiger partial charge on any atom is 0.253 e. The molecule has 22 heavy (non-hydrogen) atoms. The van der Waals surface area contributed by atoms with Gasteiger partial charge in [0, 0.05) is 23.5 Å². The Morgan fingerprint density at radius 3 is 2.73 bits per heavy atom. The van der Waals surface area contributed by atoms with Gasteiger partial charge in [-0.1, -0.05) is 23.7 Å². The molecule has 1 saturated carbocycles. The maximum atomic E-state index is 12.1. The van der Waals surface area contributed by atoms with Crippen LogP contribution in [-0.2, 0) is 4.79 Å². The van der Waals surface area contributed by atoms with E-state index in [1.165, 1.54) is 25.9 Å². The van der Waals surface area contributed by atoms with Gasteiger partial charge in [-0.15, -0.1) is 0 Å². The molecule has 2 aliphatic rings. The number of benzene rings is 1. The van der Waals surface area contributed by atoms with Gasteiger partial charge in [0.25, 0.3) is 5.91 Å². The van der Waals surface area contributed by atoms with Gasteiger partial charge in [-0.25, -0.2) is 0 Å². The Labute approximate surface area is 136 Å². The van der Waals surface area contributed by atoms with Gasteiger partial charge in [-0.2, -0.15) is 0 Å². The average Bonchev–Trinajstić information content (AvgIpc) is 3.08. The minimum atomic E-state index is -1.15. The highest BCUT2D eigenvalue weighted by atomic mass is 35.5. The summed E-state index contributed by atoms with van der Waals surface area (Å²) in [5.74, 6) is -0.338. The third-order valence-electron chi connectivity index (χ3n) is 4.77. The number of halogens is 1. The Morgan fingerprint density at radius 2 is 2.09 bits per heavy atom. The zero-order valence-corrected chi connectivity index (χ0v) is 13.5. The number of rotatable bonds is 6. The number of hydrogen-bond donors (Lipinski definition) is 2. The zero-order valence-electron chi connectivity index (χ0n) is 12.7. The second kappa shape index (κ2) is 6.57. The molecule has 120 valence electrons. The van der Waals surface area contributed by atoms with E-state index in [1.54, 1.807) is 24.3 Å². The number of carbonyl (C=O) groups excluding carboxylic acids is 1. The number of carbonyl (C=O) groups is 1. The van der Waals surface area contributed by atoms with Crippen LogP contribution in [0.5, 0.6) is 0 Å². The summed E-state index contributed by atoms with van der Waals surface area (Å²) in [4.78, 5) is 14.6. The highest BCUT2D eigenvalue weighted by Gasteiger charge is 2.44. The molecule has 1 atom stereocenters. The SMILES string of the molecule is O=C(NCC1(CN2CCCC2)CC1)[C@@H](O)c1cccc(Cl)c1. The molecule has 1 saturated heterocycles. The monoisotopic (exact) mass is 322 g/mol. The van der Waals surface area contributed by atoms with Crippen molar-refractivity contribution < 1.29 is 9.90 Å². The molecule has 0 radical (unpaired) electrons. The number of nitrogens with zero attached hydrogens (tertiary/aromatic N) is 1. The molecule has 1 aliphatic heterocycles. The Morgan fingerprint density at radius 1 is 1.36 bits per heavy atom. The molecule has 2 N–H and O–H groups in total. The highest BCUT2D eigenvalue weighted by Crippen LogP contribution is 2.46. The molecule has 0 spiro atoms. The fourth-order valence-electron chi connectivity index (χ4n) is 3.18. The Bertz CT molecular complexity index is 539. The van der Waals surface area contributed by atoms with E-state index in [0.29, 0.717) is 17.1 Å². The van der Waals surface area contributed by atoms with Crippen molar-refractivity contribution in [2.45, 2.75) is 31.8 Å². The Hall–Kier alpha value is -1.10. The van der Waals surface area contributed by atoms with Crippen LogP contribution in [0.25, 0.3) is 0 Å². The summed E-state index contributed by atoms with van der Waals surface area (Å²) in [7, 11) is 0. The number of aliphatic hydroxyl groups excluding tert-OH is 1. The van der Waals surface area contributed by atoms with Crippen LogP contribution in [0.1, 0.15) is 37.4 Å². The van der Waals surface area contributed by atoms with Crippen molar-refractivity contribution in [3.63, 3.8) is 0 Å². The minimum absolute atomic E-state index is 0.230. The van der Waals surface area contributed by atoms with Gasteiger partial charge in [0.2, 0.25) is 0 Å². The van der Waals surface area contributed by atoms with Crippen molar-refractivity contribution in [1.29, 1.82) is 0 Å². The van der Waals surface area contributed by atoms with E-state index in [1.807, 2.05) is 0 Å². The lowest BCUT2D eigenvalue weighted by molar-refractivity contribution is -0.129. The summed E-state index contributed by atoms with van der Waals surface area (Å²) < 4.78 is 0. The van der Waals surface area contributed by atoms with Gasteiger partial charge >= 0.3 is 0 Å². The predicted octanol–water partition coefficient (Wildman–Crippen LogP) is 2.37. The average molecular weight is 323 g/mol. The van der Waals surface area contributed by atoms with Gasteiger partial charge in [-0.3, -0.25) is 4.79 Å². The van der Waals surface area contributed by atoms with Crippen molar-refractivity contribution in [2.75, 3.05) is 26.2 Å². The molecule has 2 fully saturated rings. The van der Waals surface area contributed by atoms with Crippen molar-refractivity contribution in [3.8, 4) is 0 Å². The number of likely N-dealkylation sites (tertiary alicyclic amines) is 1. The zero-order chi connectivity index (χ0) is 15.6. The fourth-order valence-corrected chi connectivity index (χ4v) is 3.38. The summed E-state index contributed by atoms with van der Waals surface area (Å²) in [6, 6.07) is 6.81. The van der Waals surface area contributed by atoms with E-state index in [4.69, 9.17) is 11.6 Å². The third-order valence-corrected chi connectivity index (χ3v) is 5.00. The normalized spacial score (nSPS) is 21.5. The molecule has 0 unspecified atom stereocenters. The Balaban J connectivity index is 1.51. The van der Waals surface area contributed by atoms with E-state index >= 15 is 0 Å². The second-order valence-electron chi connectivity index (χ2n) is 6.66. The quantitative estimate of drug-likeness (QED) is 0.845. The van der Waals surface area contributed by atoms with Crippen molar-refractivity contribution >= 4 is 17.5 Å². The van der Waals surface area contributed by atoms with Crippen LogP contribution >= 0.6 is 11.6 Å². The lowest BCUT2D eigenvalue weighted by Gasteiger charge is -2.23. The first-order valence-electron chi connectivity index (χ1n) is 8.02. The molecule has 3 rings (SSSR count). The molecule has 0 aromatic heterocycles. The van der Waals surface area contributed by atoms with E-state index in [0.717, 1.165) is 19.4 Å². The van der Waals surface area contributed by atoms with Crippen LogP contribution in [0, 0.1) is 5.41 Å². The van der Waals surface area contributed by atoms with E-state index in [9.17, 15) is 9.90 Å². The molecule has 1 heterocycles. The van der Waals surface area contributed by atoms with Gasteiger partial charge < -0.3 is 15.3 Å². The summed E-state index contributed by atoms with van der Waals surface area (Å²) in [5, 5.41) is 13.6. The first-order chi connectivity index (χ1) is 10.6. The number of amides is 1. The van der Waals surface area contributed by atoms with Gasteiger partial charge in [0.05, 0.1) is 0 Å². The topological polar surface area (TPSA) is 52.6 Å². The van der Waals surface area contributed by atoms with E-state index in [-0.39, 0.29) is 11.3 Å². The molecule has 1 amide bonds. The standard InChI is InChI=1S/C17H23ClN2O2/c18-14-5-3-4-13(10-14)15(21)16(22)19-11-17(6-7-17)12-20-8-1-2-9-20/h3-5,10,15,21H,1-2,6-9,11-12H2,(H,19,22)/t15-/m0/s1. The maximum absolute atomic E-state index is 12.1. The summed E-state index contributed by atoms with van der Waals surface area (Å²) in [6.07, 6.45) is 3.75. The molecule has 1 aromatic carbocycles. The van der Waals surface area contributed by atoms with Crippen LogP contribution in [0.15, 0.2) is 24.3 Å². The molecule has 4 nitrogen and oxygen atoms in total. The smallest absolute Gasteiger partial charge is 0.253 e. The summed E-state index contributed by atoms with van der Waals surface area (Å²) in [6.45, 7) is 4.09. The van der Waals surface area contributed by atoms with Crippen LogP contribution < -0.4 is 5.32 Å². The molecule has 0 bridgehead atoms. The van der Waals surface area contributed by atoms with Crippen LogP contribution in [0.2, 0.25) is 5.02 Å². The van der Waals surface area contributed by atoms with Crippen molar-refractivity contribution in [2.24, 2.45) is 5.41 Å². The van der Waals surface area contributed by atoms with Crippen LogP contribution in [0.4, 0.5) is 0 Å². The van der Waals surface area contributed by atoms with Crippen molar-refractivity contribution in [3.05, 3.63) is 34.9 Å². The number of aliphatic hydroxyl groups is 1. The number of hydrogen-bond acceptors (Lipinski definition) is 3. The summed E-state index contributed by atoms with van der Waals surface area (Å²) >= 11 is 5.90. The van der Waals surface area contributed by atoms with E-state index in [2.05, 4.69) is 10.2 Å². The Kier molecular flexibility index (Phi) is 4.71. The first-order valence-corrected chi connectivity index (χ1v) is 8.39. The lowest BCUT2D eigenvalue weighted by Crippen LogP contribution is -2.39. The van der Waals surface area contributed by atoms with Crippen LogP contribution in [-0.4, -0.2) is 42.1 Å².